The molecule has 2 saturated heterocycles. The zero-order valence-electron chi connectivity index (χ0n) is 24.1. The highest BCUT2D eigenvalue weighted by atomic mass is 19.4. The number of nitrogens with zero attached hydrogens (tertiary/aromatic N) is 2. The van der Waals surface area contributed by atoms with Crippen LogP contribution in [0.15, 0.2) is 24.3 Å². The van der Waals surface area contributed by atoms with Crippen molar-refractivity contribution in [1.29, 1.82) is 0 Å². The smallest absolute Gasteiger partial charge is 0.475 e. The minimum absolute atomic E-state index is 0.0970. The number of amides is 2. The monoisotopic (exact) mass is 595 g/mol. The summed E-state index contributed by atoms with van der Waals surface area (Å²) >= 11 is 0. The Morgan fingerprint density at radius 2 is 1.55 bits per heavy atom. The number of alkyl halides is 3. The van der Waals surface area contributed by atoms with Gasteiger partial charge in [0.05, 0.1) is 6.10 Å². The predicted octanol–water partition coefficient (Wildman–Crippen LogP) is 4.70. The van der Waals surface area contributed by atoms with E-state index in [1.165, 1.54) is 44.1 Å². The zero-order chi connectivity index (χ0) is 30.4. The fourth-order valence-electron chi connectivity index (χ4n) is 7.47. The average molecular weight is 596 g/mol. The first-order valence-corrected chi connectivity index (χ1v) is 15.3. The number of fused-ring (bicyclic) bond motifs is 2. The van der Waals surface area contributed by atoms with Crippen molar-refractivity contribution in [2.24, 2.45) is 17.6 Å². The van der Waals surface area contributed by atoms with E-state index in [4.69, 9.17) is 15.6 Å². The van der Waals surface area contributed by atoms with E-state index in [1.54, 1.807) is 6.07 Å². The first-order chi connectivity index (χ1) is 19.9. The van der Waals surface area contributed by atoms with E-state index in [-0.39, 0.29) is 17.9 Å². The van der Waals surface area contributed by atoms with Gasteiger partial charge in [0, 0.05) is 43.2 Å². The number of halogens is 3. The van der Waals surface area contributed by atoms with Crippen LogP contribution in [0.1, 0.15) is 98.9 Å². The number of rotatable bonds is 8. The van der Waals surface area contributed by atoms with Crippen LogP contribution in [0.3, 0.4) is 0 Å². The molecule has 0 aromatic heterocycles. The summed E-state index contributed by atoms with van der Waals surface area (Å²) in [6.45, 7) is 2.73. The Bertz CT molecular complexity index is 1070. The Balaban J connectivity index is 0.000000517. The molecule has 0 spiro atoms. The molecule has 5 rings (SSSR count). The Labute approximate surface area is 245 Å². The van der Waals surface area contributed by atoms with Gasteiger partial charge in [-0.25, -0.2) is 4.79 Å². The SMILES string of the molecule is NC(=O)c1cccc(C2CC3CCC(C2)N3CCN(CC2CCCC2)C(=O)C2CCC(O)CC2)c1.O=C(O)C(F)(F)F. The van der Waals surface area contributed by atoms with Crippen LogP contribution in [-0.2, 0) is 9.59 Å². The molecule has 2 saturated carbocycles. The molecule has 4 N–H and O–H groups in total. The van der Waals surface area contributed by atoms with Crippen LogP contribution in [0.5, 0.6) is 0 Å². The largest absolute Gasteiger partial charge is 0.490 e. The van der Waals surface area contributed by atoms with Crippen LogP contribution in [-0.4, -0.2) is 81.8 Å². The molecule has 2 aliphatic carbocycles. The summed E-state index contributed by atoms with van der Waals surface area (Å²) in [6.07, 6.45) is 7.72. The summed E-state index contributed by atoms with van der Waals surface area (Å²) in [4.78, 5) is 39.0. The Kier molecular flexibility index (Phi) is 10.9. The minimum atomic E-state index is -5.08. The maximum absolute atomic E-state index is 13.6. The van der Waals surface area contributed by atoms with Crippen LogP contribution < -0.4 is 5.73 Å². The molecule has 2 amide bonds. The third-order valence-electron chi connectivity index (χ3n) is 9.71. The molecule has 2 aliphatic heterocycles. The van der Waals surface area contributed by atoms with Crippen molar-refractivity contribution in [1.82, 2.24) is 9.80 Å². The van der Waals surface area contributed by atoms with Crippen LogP contribution in [0.2, 0.25) is 0 Å². The highest BCUT2D eigenvalue weighted by molar-refractivity contribution is 5.92. The van der Waals surface area contributed by atoms with Gasteiger partial charge in [0.25, 0.3) is 0 Å². The van der Waals surface area contributed by atoms with E-state index in [0.717, 1.165) is 58.2 Å². The van der Waals surface area contributed by atoms with Crippen LogP contribution in [0.25, 0.3) is 0 Å². The molecule has 4 aliphatic rings. The third-order valence-corrected chi connectivity index (χ3v) is 9.71. The van der Waals surface area contributed by atoms with Crippen molar-refractivity contribution >= 4 is 17.8 Å². The fourth-order valence-corrected chi connectivity index (χ4v) is 7.47. The number of benzene rings is 1. The molecular weight excluding hydrogens is 551 g/mol. The number of hydrogen-bond acceptors (Lipinski definition) is 5. The number of aliphatic hydroxyl groups is 1. The molecule has 2 heterocycles. The number of carboxylic acid groups (broad SMARTS) is 1. The van der Waals surface area contributed by atoms with Crippen LogP contribution >= 0.6 is 0 Å². The molecule has 1 aromatic rings. The van der Waals surface area contributed by atoms with E-state index in [0.29, 0.717) is 35.4 Å². The maximum Gasteiger partial charge on any atom is 0.490 e. The lowest BCUT2D eigenvalue weighted by molar-refractivity contribution is -0.192. The quantitative estimate of drug-likeness (QED) is 0.400. The van der Waals surface area contributed by atoms with Gasteiger partial charge in [-0.1, -0.05) is 25.0 Å². The Morgan fingerprint density at radius 1 is 0.952 bits per heavy atom. The van der Waals surface area contributed by atoms with Crippen molar-refractivity contribution in [2.75, 3.05) is 19.6 Å². The molecule has 4 fully saturated rings. The van der Waals surface area contributed by atoms with Gasteiger partial charge in [-0.15, -0.1) is 0 Å². The number of primary amides is 1. The number of piperidine rings is 1. The third kappa shape index (κ3) is 8.46. The van der Waals surface area contributed by atoms with Gasteiger partial charge in [-0.2, -0.15) is 13.2 Å². The summed E-state index contributed by atoms with van der Waals surface area (Å²) in [6, 6.07) is 9.02. The topological polar surface area (TPSA) is 124 Å². The Morgan fingerprint density at radius 3 is 2.10 bits per heavy atom. The number of aliphatic carboxylic acids is 1. The number of aliphatic hydroxyl groups excluding tert-OH is 1. The lowest BCUT2D eigenvalue weighted by atomic mass is 9.84. The van der Waals surface area contributed by atoms with Crippen molar-refractivity contribution in [3.63, 3.8) is 0 Å². The summed E-state index contributed by atoms with van der Waals surface area (Å²) < 4.78 is 31.7. The summed E-state index contributed by atoms with van der Waals surface area (Å²) in [7, 11) is 0. The average Bonchev–Trinajstić information content (AvgIpc) is 3.55. The lowest BCUT2D eigenvalue weighted by Crippen LogP contribution is -2.49. The minimum Gasteiger partial charge on any atom is -0.475 e. The molecule has 8 nitrogen and oxygen atoms in total. The molecule has 2 unspecified atom stereocenters. The normalized spacial score (nSPS) is 28.1. The number of carbonyl (C=O) groups excluding carboxylic acids is 2. The Hall–Kier alpha value is -2.66. The number of carboxylic acids is 1. The fraction of sp³-hybridized carbons (Fsp3) is 0.710. The van der Waals surface area contributed by atoms with Crippen LogP contribution in [0.4, 0.5) is 13.2 Å². The second-order valence-electron chi connectivity index (χ2n) is 12.5. The van der Waals surface area contributed by atoms with Gasteiger partial charge in [-0.3, -0.25) is 14.5 Å². The van der Waals surface area contributed by atoms with E-state index in [9.17, 15) is 27.9 Å². The molecular formula is C31H44F3N3O5. The molecule has 1 aromatic carbocycles. The molecule has 0 radical (unpaired) electrons. The maximum atomic E-state index is 13.6. The van der Waals surface area contributed by atoms with Gasteiger partial charge >= 0.3 is 12.1 Å². The summed E-state index contributed by atoms with van der Waals surface area (Å²) in [5.41, 5.74) is 7.37. The summed E-state index contributed by atoms with van der Waals surface area (Å²) in [5.74, 6) is -1.53. The molecule has 2 bridgehead atoms. The van der Waals surface area contributed by atoms with Crippen molar-refractivity contribution < 1.29 is 37.8 Å². The first kappa shape index (κ1) is 32.3. The van der Waals surface area contributed by atoms with Gasteiger partial charge in [0.2, 0.25) is 11.8 Å². The van der Waals surface area contributed by atoms with Gasteiger partial charge in [0.15, 0.2) is 0 Å². The molecule has 234 valence electrons. The zero-order valence-corrected chi connectivity index (χ0v) is 24.1. The van der Waals surface area contributed by atoms with Crippen molar-refractivity contribution in [2.45, 2.75) is 107 Å². The molecule has 2 atom stereocenters. The molecule has 11 heteroatoms. The highest BCUT2D eigenvalue weighted by Gasteiger charge is 2.41. The van der Waals surface area contributed by atoms with Gasteiger partial charge < -0.3 is 20.8 Å². The summed E-state index contributed by atoms with van der Waals surface area (Å²) in [5, 5.41) is 17.0. The molecule has 42 heavy (non-hydrogen) atoms. The number of nitrogens with two attached hydrogens (primary N) is 1. The second kappa shape index (κ2) is 14.2. The predicted molar refractivity (Wildman–Crippen MR) is 151 cm³/mol. The van der Waals surface area contributed by atoms with Gasteiger partial charge in [0.1, 0.15) is 0 Å². The van der Waals surface area contributed by atoms with Crippen LogP contribution in [0, 0.1) is 11.8 Å². The highest BCUT2D eigenvalue weighted by Crippen LogP contribution is 2.43. The van der Waals surface area contributed by atoms with Crippen molar-refractivity contribution in [3.8, 4) is 0 Å². The first-order valence-electron chi connectivity index (χ1n) is 15.3. The van der Waals surface area contributed by atoms with E-state index in [2.05, 4.69) is 15.9 Å². The van der Waals surface area contributed by atoms with E-state index in [1.807, 2.05) is 12.1 Å². The number of hydrogen-bond donors (Lipinski definition) is 3. The number of carbonyl (C=O) groups is 3. The van der Waals surface area contributed by atoms with E-state index >= 15 is 0 Å². The van der Waals surface area contributed by atoms with E-state index < -0.39 is 12.1 Å². The second-order valence-corrected chi connectivity index (χ2v) is 12.5. The standard InChI is InChI=1S/C29H43N3O3.C2HF3O2/c30-28(34)23-7-3-6-22(16-23)24-17-25-10-11-26(18-24)32(25)15-14-31(19-20-4-1-2-5-20)29(35)21-8-12-27(33)13-9-21;3-2(4,5)1(6)7/h3,6-7,16,20-21,24-27,33H,1-2,4-5,8-15,17-19H2,(H2,30,34);(H,6,7). The van der Waals surface area contributed by atoms with Gasteiger partial charge in [-0.05, 0) is 93.7 Å². The van der Waals surface area contributed by atoms with Crippen molar-refractivity contribution in [3.05, 3.63) is 35.4 Å². The lowest BCUT2D eigenvalue weighted by Gasteiger charge is -2.41.